The van der Waals surface area contributed by atoms with Crippen molar-refractivity contribution in [1.29, 1.82) is 0 Å². The third-order valence-corrected chi connectivity index (χ3v) is 2.56. The van der Waals surface area contributed by atoms with E-state index < -0.39 is 0 Å². The second-order valence-electron chi connectivity index (χ2n) is 3.18. The van der Waals surface area contributed by atoms with Crippen LogP contribution in [-0.2, 0) is 6.54 Å². The SMILES string of the molecule is Sc1ccccc1C[n+]1ccccc1. The van der Waals surface area contributed by atoms with Crippen LogP contribution in [-0.4, -0.2) is 0 Å². The summed E-state index contributed by atoms with van der Waals surface area (Å²) < 4.78 is 2.13. The molecule has 0 aliphatic heterocycles. The van der Waals surface area contributed by atoms with Gasteiger partial charge in [-0.3, -0.25) is 0 Å². The number of hydrogen-bond donors (Lipinski definition) is 1. The molecule has 0 bridgehead atoms. The molecule has 1 aromatic heterocycles. The molecule has 0 unspecified atom stereocenters. The summed E-state index contributed by atoms with van der Waals surface area (Å²) in [7, 11) is 0. The predicted octanol–water partition coefficient (Wildman–Crippen LogP) is 2.31. The Bertz CT molecular complexity index is 412. The van der Waals surface area contributed by atoms with Crippen molar-refractivity contribution >= 4 is 12.6 Å². The van der Waals surface area contributed by atoms with E-state index in [-0.39, 0.29) is 0 Å². The van der Waals surface area contributed by atoms with Gasteiger partial charge in [0.05, 0.1) is 0 Å². The first kappa shape index (κ1) is 9.28. The molecule has 0 atom stereocenters. The van der Waals surface area contributed by atoms with Gasteiger partial charge < -0.3 is 0 Å². The molecule has 2 rings (SSSR count). The van der Waals surface area contributed by atoms with Crippen LogP contribution in [0.3, 0.4) is 0 Å². The van der Waals surface area contributed by atoms with E-state index in [9.17, 15) is 0 Å². The Morgan fingerprint density at radius 1 is 0.929 bits per heavy atom. The van der Waals surface area contributed by atoms with Crippen LogP contribution >= 0.6 is 12.6 Å². The molecule has 0 N–H and O–H groups in total. The largest absolute Gasteiger partial charge is 0.201 e. The van der Waals surface area contributed by atoms with Gasteiger partial charge >= 0.3 is 0 Å². The molecular weight excluding hydrogens is 190 g/mol. The molecule has 2 heteroatoms. The van der Waals surface area contributed by atoms with Gasteiger partial charge in [0.1, 0.15) is 0 Å². The number of rotatable bonds is 2. The third kappa shape index (κ3) is 2.15. The highest BCUT2D eigenvalue weighted by Gasteiger charge is 2.03. The molecule has 0 aliphatic rings. The first-order valence-electron chi connectivity index (χ1n) is 4.57. The molecule has 0 radical (unpaired) electrons. The summed E-state index contributed by atoms with van der Waals surface area (Å²) in [5, 5.41) is 0. The summed E-state index contributed by atoms with van der Waals surface area (Å²) in [5.74, 6) is 0. The lowest BCUT2D eigenvalue weighted by atomic mass is 10.2. The van der Waals surface area contributed by atoms with Crippen molar-refractivity contribution in [2.45, 2.75) is 11.4 Å². The molecule has 1 aromatic carbocycles. The molecule has 1 heterocycles. The number of hydrogen-bond acceptors (Lipinski definition) is 1. The number of thiol groups is 1. The van der Waals surface area contributed by atoms with Gasteiger partial charge in [-0.1, -0.05) is 24.3 Å². The maximum atomic E-state index is 4.41. The minimum absolute atomic E-state index is 0.876. The number of pyridine rings is 1. The van der Waals surface area contributed by atoms with Crippen molar-refractivity contribution < 1.29 is 4.57 Å². The highest BCUT2D eigenvalue weighted by molar-refractivity contribution is 7.80. The summed E-state index contributed by atoms with van der Waals surface area (Å²) in [6.07, 6.45) is 4.11. The zero-order valence-corrected chi connectivity index (χ0v) is 8.69. The summed E-state index contributed by atoms with van der Waals surface area (Å²) in [6.45, 7) is 0.876. The first-order valence-corrected chi connectivity index (χ1v) is 5.02. The second kappa shape index (κ2) is 4.29. The molecular formula is C12H12NS+. The Hall–Kier alpha value is -1.28. The fourth-order valence-corrected chi connectivity index (χ4v) is 1.61. The zero-order chi connectivity index (χ0) is 9.80. The van der Waals surface area contributed by atoms with Crippen molar-refractivity contribution in [2.75, 3.05) is 0 Å². The summed E-state index contributed by atoms with van der Waals surface area (Å²) in [4.78, 5) is 1.05. The van der Waals surface area contributed by atoms with Crippen molar-refractivity contribution in [2.24, 2.45) is 0 Å². The van der Waals surface area contributed by atoms with Gasteiger partial charge in [0.25, 0.3) is 0 Å². The number of benzene rings is 1. The van der Waals surface area contributed by atoms with Gasteiger partial charge in [0, 0.05) is 22.6 Å². The Morgan fingerprint density at radius 2 is 1.64 bits per heavy atom. The standard InChI is InChI=1S/C12H11NS/c14-12-7-3-2-6-11(12)10-13-8-4-1-5-9-13/h1-9H,10H2/p+1. The van der Waals surface area contributed by atoms with Crippen LogP contribution in [0, 0.1) is 0 Å². The molecule has 2 aromatic rings. The van der Waals surface area contributed by atoms with Crippen molar-refractivity contribution in [3.8, 4) is 0 Å². The molecule has 0 saturated carbocycles. The predicted molar refractivity (Wildman–Crippen MR) is 59.4 cm³/mol. The van der Waals surface area contributed by atoms with Crippen molar-refractivity contribution in [3.63, 3.8) is 0 Å². The fraction of sp³-hybridized carbons (Fsp3) is 0.0833. The normalized spacial score (nSPS) is 10.1. The quantitative estimate of drug-likeness (QED) is 0.563. The molecule has 0 aliphatic carbocycles. The Kier molecular flexibility index (Phi) is 2.84. The van der Waals surface area contributed by atoms with Crippen LogP contribution in [0.4, 0.5) is 0 Å². The van der Waals surface area contributed by atoms with E-state index in [1.165, 1.54) is 5.56 Å². The van der Waals surface area contributed by atoms with Crippen LogP contribution in [0.5, 0.6) is 0 Å². The molecule has 0 fully saturated rings. The van der Waals surface area contributed by atoms with E-state index in [4.69, 9.17) is 0 Å². The van der Waals surface area contributed by atoms with E-state index in [1.54, 1.807) is 0 Å². The topological polar surface area (TPSA) is 3.88 Å². The van der Waals surface area contributed by atoms with E-state index in [0.717, 1.165) is 11.4 Å². The molecule has 0 amide bonds. The van der Waals surface area contributed by atoms with Gasteiger partial charge in [0.2, 0.25) is 0 Å². The van der Waals surface area contributed by atoms with Crippen LogP contribution in [0.15, 0.2) is 59.8 Å². The molecule has 1 nitrogen and oxygen atoms in total. The molecule has 70 valence electrons. The van der Waals surface area contributed by atoms with Crippen LogP contribution in [0.2, 0.25) is 0 Å². The summed E-state index contributed by atoms with van der Waals surface area (Å²) in [5.41, 5.74) is 1.24. The van der Waals surface area contributed by atoms with Gasteiger partial charge in [-0.15, -0.1) is 12.6 Å². The lowest BCUT2D eigenvalue weighted by Crippen LogP contribution is -2.32. The minimum atomic E-state index is 0.876. The monoisotopic (exact) mass is 202 g/mol. The average molecular weight is 202 g/mol. The highest BCUT2D eigenvalue weighted by atomic mass is 32.1. The number of nitrogens with zero attached hydrogens (tertiary/aromatic N) is 1. The lowest BCUT2D eigenvalue weighted by molar-refractivity contribution is -0.688. The number of aromatic nitrogens is 1. The smallest absolute Gasteiger partial charge is 0.174 e. The van der Waals surface area contributed by atoms with E-state index in [0.29, 0.717) is 0 Å². The average Bonchev–Trinajstić information content (AvgIpc) is 2.23. The molecule has 14 heavy (non-hydrogen) atoms. The van der Waals surface area contributed by atoms with E-state index in [2.05, 4.69) is 35.7 Å². The Labute approximate surface area is 89.4 Å². The maximum absolute atomic E-state index is 4.41. The highest BCUT2D eigenvalue weighted by Crippen LogP contribution is 2.11. The van der Waals surface area contributed by atoms with Crippen LogP contribution < -0.4 is 4.57 Å². The van der Waals surface area contributed by atoms with Crippen molar-refractivity contribution in [3.05, 3.63) is 60.4 Å². The molecule has 0 saturated heterocycles. The Balaban J connectivity index is 2.24. The van der Waals surface area contributed by atoms with Gasteiger partial charge in [-0.05, 0) is 6.07 Å². The fourth-order valence-electron chi connectivity index (χ4n) is 1.38. The summed E-state index contributed by atoms with van der Waals surface area (Å²) >= 11 is 4.41. The summed E-state index contributed by atoms with van der Waals surface area (Å²) in [6, 6.07) is 14.2. The first-order chi connectivity index (χ1) is 6.86. The van der Waals surface area contributed by atoms with Gasteiger partial charge in [-0.25, -0.2) is 4.57 Å². The van der Waals surface area contributed by atoms with E-state index >= 15 is 0 Å². The second-order valence-corrected chi connectivity index (χ2v) is 3.66. The van der Waals surface area contributed by atoms with Gasteiger partial charge in [-0.2, -0.15) is 0 Å². The maximum Gasteiger partial charge on any atom is 0.174 e. The lowest BCUT2D eigenvalue weighted by Gasteiger charge is -2.00. The van der Waals surface area contributed by atoms with Crippen LogP contribution in [0.1, 0.15) is 5.56 Å². The van der Waals surface area contributed by atoms with Gasteiger partial charge in [0.15, 0.2) is 18.9 Å². The minimum Gasteiger partial charge on any atom is -0.201 e. The van der Waals surface area contributed by atoms with Crippen LogP contribution in [0.25, 0.3) is 0 Å². The molecule has 0 spiro atoms. The third-order valence-electron chi connectivity index (χ3n) is 2.12. The van der Waals surface area contributed by atoms with Crippen molar-refractivity contribution in [1.82, 2.24) is 0 Å². The zero-order valence-electron chi connectivity index (χ0n) is 7.80. The Morgan fingerprint density at radius 3 is 2.36 bits per heavy atom. The van der Waals surface area contributed by atoms with E-state index in [1.807, 2.05) is 36.4 Å².